The van der Waals surface area contributed by atoms with Crippen molar-refractivity contribution in [2.45, 2.75) is 0 Å². The zero-order valence-electron chi connectivity index (χ0n) is 17.7. The summed E-state index contributed by atoms with van der Waals surface area (Å²) in [5, 5.41) is 19.4. The average molecular weight is 520 g/mol. The van der Waals surface area contributed by atoms with Gasteiger partial charge in [0.15, 0.2) is 6.61 Å². The van der Waals surface area contributed by atoms with E-state index < -0.39 is 10.8 Å². The highest BCUT2D eigenvalue weighted by molar-refractivity contribution is 9.10. The molecule has 4 aromatic rings. The van der Waals surface area contributed by atoms with E-state index in [0.717, 1.165) is 15.7 Å². The average Bonchev–Trinajstić information content (AvgIpc) is 3.28. The Bertz CT molecular complexity index is 1320. The number of nitrogens with zero attached hydrogens (tertiary/aromatic N) is 4. The Labute approximate surface area is 203 Å². The molecule has 0 unspecified atom stereocenters. The molecule has 0 saturated heterocycles. The molecule has 0 radical (unpaired) electrons. The number of hydrogen-bond acceptors (Lipinski definition) is 6. The highest BCUT2D eigenvalue weighted by Crippen LogP contribution is 2.24. The van der Waals surface area contributed by atoms with Crippen molar-refractivity contribution in [2.24, 2.45) is 5.10 Å². The number of carbonyl (C=O) groups excluding carboxylic acids is 1. The van der Waals surface area contributed by atoms with Gasteiger partial charge in [0.1, 0.15) is 11.4 Å². The molecular weight excluding hydrogens is 502 g/mol. The first-order valence-electron chi connectivity index (χ1n) is 10.1. The second-order valence-corrected chi connectivity index (χ2v) is 7.97. The molecule has 0 bridgehead atoms. The Morgan fingerprint density at radius 1 is 1.09 bits per heavy atom. The molecule has 9 nitrogen and oxygen atoms in total. The smallest absolute Gasteiger partial charge is 0.277 e. The van der Waals surface area contributed by atoms with Gasteiger partial charge in [-0.3, -0.25) is 14.9 Å². The van der Waals surface area contributed by atoms with Crippen LogP contribution in [0.1, 0.15) is 5.56 Å². The highest BCUT2D eigenvalue weighted by atomic mass is 79.9. The molecule has 0 spiro atoms. The van der Waals surface area contributed by atoms with Crippen molar-refractivity contribution in [2.75, 3.05) is 6.61 Å². The fourth-order valence-electron chi connectivity index (χ4n) is 3.05. The second kappa shape index (κ2) is 10.5. The van der Waals surface area contributed by atoms with Gasteiger partial charge in [-0.1, -0.05) is 46.3 Å². The molecule has 0 aliphatic rings. The standard InChI is InChI=1S/C24H18BrN5O4/c25-19-8-6-17(7-9-19)24-18(15-29(28-24)20-4-2-1-3-5-20)14-26-27-23(31)16-34-22-12-10-21(11-13-22)30(32)33/h1-15H,16H2,(H,27,31). The minimum Gasteiger partial charge on any atom is -0.484 e. The SMILES string of the molecule is O=C(COc1ccc([N+](=O)[O-])cc1)NN=Cc1cn(-c2ccccc2)nc1-c1ccc(Br)cc1. The van der Waals surface area contributed by atoms with E-state index in [0.29, 0.717) is 17.0 Å². The lowest BCUT2D eigenvalue weighted by molar-refractivity contribution is -0.384. The van der Waals surface area contributed by atoms with Crippen LogP contribution in [0.15, 0.2) is 94.6 Å². The quantitative estimate of drug-likeness (QED) is 0.205. The van der Waals surface area contributed by atoms with E-state index in [4.69, 9.17) is 9.84 Å². The van der Waals surface area contributed by atoms with Crippen molar-refractivity contribution < 1.29 is 14.5 Å². The molecule has 0 fully saturated rings. The summed E-state index contributed by atoms with van der Waals surface area (Å²) in [5.74, 6) is -0.137. The van der Waals surface area contributed by atoms with Crippen molar-refractivity contribution >= 4 is 33.7 Å². The fraction of sp³-hybridized carbons (Fsp3) is 0.0417. The third kappa shape index (κ3) is 5.73. The van der Waals surface area contributed by atoms with E-state index in [1.807, 2.05) is 60.8 Å². The maximum atomic E-state index is 12.1. The van der Waals surface area contributed by atoms with E-state index in [-0.39, 0.29) is 12.3 Å². The number of halogens is 1. The third-order valence-corrected chi connectivity index (χ3v) is 5.22. The molecule has 0 aliphatic heterocycles. The lowest BCUT2D eigenvalue weighted by atomic mass is 10.1. The summed E-state index contributed by atoms with van der Waals surface area (Å²) < 4.78 is 8.04. The maximum absolute atomic E-state index is 12.1. The number of carbonyl (C=O) groups is 1. The van der Waals surface area contributed by atoms with Gasteiger partial charge in [0.2, 0.25) is 0 Å². The molecule has 1 heterocycles. The largest absolute Gasteiger partial charge is 0.484 e. The van der Waals surface area contributed by atoms with Gasteiger partial charge in [0.25, 0.3) is 11.6 Å². The number of rotatable bonds is 8. The van der Waals surface area contributed by atoms with Crippen molar-refractivity contribution in [1.29, 1.82) is 0 Å². The molecule has 1 N–H and O–H groups in total. The van der Waals surface area contributed by atoms with Crippen molar-refractivity contribution in [1.82, 2.24) is 15.2 Å². The molecule has 1 amide bonds. The second-order valence-electron chi connectivity index (χ2n) is 7.05. The molecule has 10 heteroatoms. The first kappa shape index (κ1) is 22.9. The van der Waals surface area contributed by atoms with E-state index in [2.05, 4.69) is 26.5 Å². The maximum Gasteiger partial charge on any atom is 0.277 e. The van der Waals surface area contributed by atoms with Gasteiger partial charge in [-0.05, 0) is 36.4 Å². The molecule has 0 saturated carbocycles. The summed E-state index contributed by atoms with van der Waals surface area (Å²) in [6, 6.07) is 22.9. The number of aromatic nitrogens is 2. The normalized spacial score (nSPS) is 10.9. The molecular formula is C24H18BrN5O4. The predicted octanol–water partition coefficient (Wildman–Crippen LogP) is 4.74. The zero-order chi connectivity index (χ0) is 23.9. The summed E-state index contributed by atoms with van der Waals surface area (Å²) >= 11 is 3.44. The van der Waals surface area contributed by atoms with Gasteiger partial charge in [-0.25, -0.2) is 10.1 Å². The number of ether oxygens (including phenoxy) is 1. The molecule has 34 heavy (non-hydrogen) atoms. The number of para-hydroxylation sites is 1. The van der Waals surface area contributed by atoms with E-state index in [1.165, 1.54) is 30.5 Å². The molecule has 170 valence electrons. The highest BCUT2D eigenvalue weighted by Gasteiger charge is 2.12. The topological polar surface area (TPSA) is 112 Å². The van der Waals surface area contributed by atoms with Crippen LogP contribution in [0.3, 0.4) is 0 Å². The first-order chi connectivity index (χ1) is 16.5. The van der Waals surface area contributed by atoms with Crippen LogP contribution in [0.25, 0.3) is 16.9 Å². The Morgan fingerprint density at radius 2 is 1.79 bits per heavy atom. The Balaban J connectivity index is 1.45. The van der Waals surface area contributed by atoms with E-state index in [1.54, 1.807) is 4.68 Å². The first-order valence-corrected chi connectivity index (χ1v) is 10.9. The molecule has 0 aliphatic carbocycles. The van der Waals surface area contributed by atoms with Gasteiger partial charge in [-0.2, -0.15) is 10.2 Å². The summed E-state index contributed by atoms with van der Waals surface area (Å²) in [7, 11) is 0. The molecule has 3 aromatic carbocycles. The molecule has 1 aromatic heterocycles. The summed E-state index contributed by atoms with van der Waals surface area (Å²) in [5.41, 5.74) is 5.57. The number of nitro benzene ring substituents is 1. The minimum atomic E-state index is -0.506. The van der Waals surface area contributed by atoms with Crippen LogP contribution >= 0.6 is 15.9 Å². The zero-order valence-corrected chi connectivity index (χ0v) is 19.3. The van der Waals surface area contributed by atoms with Gasteiger partial charge in [-0.15, -0.1) is 0 Å². The van der Waals surface area contributed by atoms with Gasteiger partial charge in [0, 0.05) is 33.9 Å². The van der Waals surface area contributed by atoms with Crippen molar-refractivity contribution in [3.05, 3.63) is 105 Å². The van der Waals surface area contributed by atoms with E-state index in [9.17, 15) is 14.9 Å². The van der Waals surface area contributed by atoms with Crippen LogP contribution in [0.4, 0.5) is 5.69 Å². The Morgan fingerprint density at radius 3 is 2.47 bits per heavy atom. The lowest BCUT2D eigenvalue weighted by Gasteiger charge is -2.04. The van der Waals surface area contributed by atoms with Gasteiger partial charge in [0.05, 0.1) is 16.8 Å². The van der Waals surface area contributed by atoms with Crippen LogP contribution in [0.5, 0.6) is 5.75 Å². The third-order valence-electron chi connectivity index (χ3n) is 4.69. The summed E-state index contributed by atoms with van der Waals surface area (Å²) in [6.07, 6.45) is 3.35. The van der Waals surface area contributed by atoms with Crippen LogP contribution < -0.4 is 10.2 Å². The summed E-state index contributed by atoms with van der Waals surface area (Å²) in [4.78, 5) is 22.3. The van der Waals surface area contributed by atoms with E-state index >= 15 is 0 Å². The summed E-state index contributed by atoms with van der Waals surface area (Å²) in [6.45, 7) is -0.294. The predicted molar refractivity (Wildman–Crippen MR) is 131 cm³/mol. The van der Waals surface area contributed by atoms with Crippen LogP contribution in [0, 0.1) is 10.1 Å². The number of benzene rings is 3. The minimum absolute atomic E-state index is 0.0565. The van der Waals surface area contributed by atoms with Crippen LogP contribution in [-0.2, 0) is 4.79 Å². The monoisotopic (exact) mass is 519 g/mol. The molecule has 4 rings (SSSR count). The Hall–Kier alpha value is -4.31. The fourth-order valence-corrected chi connectivity index (χ4v) is 3.31. The van der Waals surface area contributed by atoms with Crippen LogP contribution in [0.2, 0.25) is 0 Å². The van der Waals surface area contributed by atoms with Crippen molar-refractivity contribution in [3.8, 4) is 22.7 Å². The number of amides is 1. The number of nitrogens with one attached hydrogen (secondary N) is 1. The molecule has 0 atom stereocenters. The van der Waals surface area contributed by atoms with Crippen molar-refractivity contribution in [3.63, 3.8) is 0 Å². The number of nitro groups is 1. The van der Waals surface area contributed by atoms with Gasteiger partial charge < -0.3 is 4.74 Å². The Kier molecular flexibility index (Phi) is 7.09. The number of hydrazone groups is 1. The number of non-ortho nitro benzene ring substituents is 1. The van der Waals surface area contributed by atoms with Crippen LogP contribution in [-0.4, -0.2) is 33.4 Å². The number of hydrogen-bond donors (Lipinski definition) is 1. The van der Waals surface area contributed by atoms with Gasteiger partial charge >= 0.3 is 0 Å². The lowest BCUT2D eigenvalue weighted by Crippen LogP contribution is -2.24.